The van der Waals surface area contributed by atoms with E-state index < -0.39 is 9.23 Å². The van der Waals surface area contributed by atoms with Gasteiger partial charge in [-0.1, -0.05) is 39.0 Å². The van der Waals surface area contributed by atoms with E-state index in [0.717, 1.165) is 12.2 Å². The maximum Gasteiger partial charge on any atom is 0.0895 e. The van der Waals surface area contributed by atoms with Crippen molar-refractivity contribution in [3.05, 3.63) is 0 Å². The summed E-state index contributed by atoms with van der Waals surface area (Å²) in [5.41, 5.74) is 0. The molecule has 3 heteroatoms. The lowest BCUT2D eigenvalue weighted by Crippen LogP contribution is -1.88. The summed E-state index contributed by atoms with van der Waals surface area (Å²) in [6.45, 7) is 2.22. The van der Waals surface area contributed by atoms with Crippen LogP contribution in [0.5, 0.6) is 0 Å². The molecule has 0 saturated carbocycles. The van der Waals surface area contributed by atoms with Gasteiger partial charge in [-0.2, -0.15) is 0 Å². The van der Waals surface area contributed by atoms with Crippen molar-refractivity contribution in [1.82, 2.24) is 0 Å². The van der Waals surface area contributed by atoms with Crippen LogP contribution in [0.25, 0.3) is 0 Å². The molecule has 0 spiro atoms. The van der Waals surface area contributed by atoms with Gasteiger partial charge in [0.15, 0.2) is 0 Å². The number of hydrogen-bond acceptors (Lipinski definition) is 1. The molecule has 0 aromatic heterocycles. The van der Waals surface area contributed by atoms with Crippen molar-refractivity contribution in [2.75, 3.05) is 5.75 Å². The van der Waals surface area contributed by atoms with E-state index in [1.54, 1.807) is 0 Å². The SMILES string of the molecule is CCCCCCCCS(=O)Br. The molecular weight excluding hydrogens is 224 g/mol. The minimum atomic E-state index is -0.760. The normalized spacial score (nSPS) is 13.3. The predicted molar refractivity (Wildman–Crippen MR) is 55.3 cm³/mol. The smallest absolute Gasteiger partial charge is 0.0895 e. The van der Waals surface area contributed by atoms with Crippen molar-refractivity contribution in [3.8, 4) is 0 Å². The molecule has 0 N–H and O–H groups in total. The maximum absolute atomic E-state index is 10.6. The van der Waals surface area contributed by atoms with Crippen LogP contribution in [0.4, 0.5) is 0 Å². The Hall–Kier alpha value is 0.630. The van der Waals surface area contributed by atoms with Crippen molar-refractivity contribution < 1.29 is 4.21 Å². The second-order valence-corrected chi connectivity index (χ2v) is 5.92. The molecular formula is C8H17BrOS. The fourth-order valence-corrected chi connectivity index (χ4v) is 2.11. The van der Waals surface area contributed by atoms with Gasteiger partial charge in [-0.05, 0) is 6.42 Å². The molecule has 0 aliphatic heterocycles. The van der Waals surface area contributed by atoms with Gasteiger partial charge < -0.3 is 0 Å². The molecule has 1 atom stereocenters. The van der Waals surface area contributed by atoms with E-state index in [0.29, 0.717) is 0 Å². The van der Waals surface area contributed by atoms with Crippen LogP contribution >= 0.6 is 14.8 Å². The molecule has 11 heavy (non-hydrogen) atoms. The second kappa shape index (κ2) is 8.72. The average Bonchev–Trinajstić information content (AvgIpc) is 1.96. The van der Waals surface area contributed by atoms with E-state index in [9.17, 15) is 4.21 Å². The van der Waals surface area contributed by atoms with Crippen LogP contribution in [0.15, 0.2) is 0 Å². The first-order valence-corrected chi connectivity index (χ1v) is 7.48. The molecule has 0 fully saturated rings. The minimum Gasteiger partial charge on any atom is -0.247 e. The largest absolute Gasteiger partial charge is 0.247 e. The van der Waals surface area contributed by atoms with Crippen molar-refractivity contribution in [2.45, 2.75) is 45.4 Å². The fraction of sp³-hybridized carbons (Fsp3) is 1.00. The minimum absolute atomic E-state index is 0.760. The number of halogens is 1. The molecule has 0 rings (SSSR count). The highest BCUT2D eigenvalue weighted by Gasteiger charge is 1.93. The lowest BCUT2D eigenvalue weighted by atomic mass is 10.1. The Bertz CT molecular complexity index is 106. The van der Waals surface area contributed by atoms with E-state index >= 15 is 0 Å². The Kier molecular flexibility index (Phi) is 9.22. The Labute approximate surface area is 79.6 Å². The molecule has 0 aromatic rings. The molecule has 1 nitrogen and oxygen atoms in total. The third-order valence-corrected chi connectivity index (χ3v) is 3.24. The molecule has 0 bridgehead atoms. The summed E-state index contributed by atoms with van der Waals surface area (Å²) >= 11 is 3.03. The summed E-state index contributed by atoms with van der Waals surface area (Å²) < 4.78 is 10.6. The zero-order valence-corrected chi connectivity index (χ0v) is 9.55. The molecule has 68 valence electrons. The third kappa shape index (κ3) is 10.6. The Morgan fingerprint density at radius 1 is 1.09 bits per heavy atom. The zero-order chi connectivity index (χ0) is 8.53. The number of rotatable bonds is 7. The van der Waals surface area contributed by atoms with E-state index in [1.165, 1.54) is 32.1 Å². The summed E-state index contributed by atoms with van der Waals surface area (Å²) in [6, 6.07) is 0. The van der Waals surface area contributed by atoms with Gasteiger partial charge in [0, 0.05) is 20.6 Å². The quantitative estimate of drug-likeness (QED) is 0.493. The van der Waals surface area contributed by atoms with E-state index in [4.69, 9.17) is 0 Å². The summed E-state index contributed by atoms with van der Waals surface area (Å²) in [5, 5.41) is 0. The van der Waals surface area contributed by atoms with Gasteiger partial charge in [-0.15, -0.1) is 0 Å². The fourth-order valence-electron chi connectivity index (χ4n) is 0.996. The highest BCUT2D eigenvalue weighted by Crippen LogP contribution is 2.06. The van der Waals surface area contributed by atoms with Crippen LogP contribution in [0.1, 0.15) is 45.4 Å². The summed E-state index contributed by atoms with van der Waals surface area (Å²) in [7, 11) is -0.760. The second-order valence-electron chi connectivity index (χ2n) is 2.76. The van der Waals surface area contributed by atoms with Crippen LogP contribution < -0.4 is 0 Å². The van der Waals surface area contributed by atoms with Crippen molar-refractivity contribution in [3.63, 3.8) is 0 Å². The first kappa shape index (κ1) is 11.6. The van der Waals surface area contributed by atoms with Gasteiger partial charge in [-0.3, -0.25) is 0 Å². The molecule has 0 heterocycles. The van der Waals surface area contributed by atoms with E-state index in [2.05, 4.69) is 21.7 Å². The topological polar surface area (TPSA) is 17.1 Å². The summed E-state index contributed by atoms with van der Waals surface area (Å²) in [4.78, 5) is 0. The average molecular weight is 241 g/mol. The molecule has 0 saturated heterocycles. The van der Waals surface area contributed by atoms with Crippen molar-refractivity contribution in [2.24, 2.45) is 0 Å². The summed E-state index contributed by atoms with van der Waals surface area (Å²) in [5.74, 6) is 0.812. The molecule has 0 aromatic carbocycles. The highest BCUT2D eigenvalue weighted by atomic mass is 79.9. The van der Waals surface area contributed by atoms with Crippen LogP contribution in [0.3, 0.4) is 0 Å². The first-order chi connectivity index (χ1) is 5.27. The van der Waals surface area contributed by atoms with Crippen LogP contribution in [0, 0.1) is 0 Å². The molecule has 0 aliphatic rings. The maximum atomic E-state index is 10.6. The van der Waals surface area contributed by atoms with Gasteiger partial charge >= 0.3 is 0 Å². The number of unbranched alkanes of at least 4 members (excludes halogenated alkanes) is 5. The van der Waals surface area contributed by atoms with Gasteiger partial charge in [0.25, 0.3) is 0 Å². The monoisotopic (exact) mass is 240 g/mol. The zero-order valence-electron chi connectivity index (χ0n) is 7.14. The van der Waals surface area contributed by atoms with Gasteiger partial charge in [-0.25, -0.2) is 4.21 Å². The molecule has 1 unspecified atom stereocenters. The Morgan fingerprint density at radius 2 is 1.64 bits per heavy atom. The third-order valence-electron chi connectivity index (χ3n) is 1.66. The van der Waals surface area contributed by atoms with Crippen LogP contribution in [-0.4, -0.2) is 9.96 Å². The Balaban J connectivity index is 2.85. The standard InChI is InChI=1S/C8H17BrOS/c1-2-3-4-5-6-7-8-11(9)10/h2-8H2,1H3. The lowest BCUT2D eigenvalue weighted by molar-refractivity contribution is 0.623. The van der Waals surface area contributed by atoms with Crippen LogP contribution in [0.2, 0.25) is 0 Å². The number of hydrogen-bond donors (Lipinski definition) is 0. The van der Waals surface area contributed by atoms with E-state index in [1.807, 2.05) is 0 Å². The molecule has 0 aliphatic carbocycles. The predicted octanol–water partition coefficient (Wildman–Crippen LogP) is 3.41. The van der Waals surface area contributed by atoms with Gasteiger partial charge in [0.1, 0.15) is 0 Å². The molecule has 0 amide bonds. The highest BCUT2D eigenvalue weighted by molar-refractivity contribution is 9.46. The molecule has 0 radical (unpaired) electrons. The summed E-state index contributed by atoms with van der Waals surface area (Å²) in [6.07, 6.45) is 7.62. The van der Waals surface area contributed by atoms with Crippen molar-refractivity contribution >= 4 is 24.0 Å². The van der Waals surface area contributed by atoms with Crippen molar-refractivity contribution in [1.29, 1.82) is 0 Å². The van der Waals surface area contributed by atoms with Gasteiger partial charge in [0.05, 0.1) is 9.23 Å². The van der Waals surface area contributed by atoms with E-state index in [-0.39, 0.29) is 0 Å². The Morgan fingerprint density at radius 3 is 2.18 bits per heavy atom. The lowest BCUT2D eigenvalue weighted by Gasteiger charge is -1.97. The van der Waals surface area contributed by atoms with Crippen LogP contribution in [-0.2, 0) is 9.23 Å². The first-order valence-electron chi connectivity index (χ1n) is 4.32. The van der Waals surface area contributed by atoms with Gasteiger partial charge in [0.2, 0.25) is 0 Å².